The highest BCUT2D eigenvalue weighted by molar-refractivity contribution is 6.05. The second-order valence-electron chi connectivity index (χ2n) is 13.3. The summed E-state index contributed by atoms with van der Waals surface area (Å²) < 4.78 is 33.5. The predicted molar refractivity (Wildman–Crippen MR) is 188 cm³/mol. The zero-order chi connectivity index (χ0) is 35.4. The van der Waals surface area contributed by atoms with Crippen LogP contribution in [-0.4, -0.2) is 39.2 Å². The van der Waals surface area contributed by atoms with Crippen LogP contribution < -0.4 is 15.4 Å². The van der Waals surface area contributed by atoms with Crippen LogP contribution in [0, 0.1) is 31.1 Å². The number of halogens is 2. The fourth-order valence-electron chi connectivity index (χ4n) is 7.51. The summed E-state index contributed by atoms with van der Waals surface area (Å²) in [6.45, 7) is 11.1. The average molecular weight is 670 g/mol. The molecule has 2 aliphatic rings. The highest BCUT2D eigenvalue weighted by Crippen LogP contribution is 2.61. The third-order valence-electron chi connectivity index (χ3n) is 9.56. The largest absolute Gasteiger partial charge is 0.481 e. The number of alkyl halides is 2. The second kappa shape index (κ2) is 15.2. The van der Waals surface area contributed by atoms with Gasteiger partial charge in [-0.15, -0.1) is 6.42 Å². The topological polar surface area (TPSA) is 98.1 Å². The molecular weight excluding hydrogens is 624 g/mol. The number of hydrogen-bond donors (Lipinski definition) is 2. The van der Waals surface area contributed by atoms with Crippen LogP contribution in [0.1, 0.15) is 110 Å². The summed E-state index contributed by atoms with van der Waals surface area (Å²) in [6, 6.07) is 11.7. The van der Waals surface area contributed by atoms with Crippen molar-refractivity contribution in [2.24, 2.45) is 18.9 Å². The standard InChI is InChI=1S/C20H23F2N3O.C19H22N2O2/c1-10(2)16-12-7-8-13(16)17-11(12)5-4-6-15(17)23-20(26)14-9-25(3)24-18(14)19(21)22;1-5-8-20-19(22)17(7-3)23-16-9-13(4)18-15(11-16)10-14(6-2)12-21-18/h4-6,9-10,12-13,16,19H,7-8H2,1-3H3,(H,23,26);2,9-12,17H,5,7-8H2,1,3-4H3,(H,20,22)/t12-,13-,16?;/m0./s1. The fourth-order valence-corrected chi connectivity index (χ4v) is 7.51. The van der Waals surface area contributed by atoms with Crippen molar-refractivity contribution in [1.82, 2.24) is 20.1 Å². The smallest absolute Gasteiger partial charge is 0.282 e. The van der Waals surface area contributed by atoms with Gasteiger partial charge in [0, 0.05) is 42.6 Å². The van der Waals surface area contributed by atoms with Crippen LogP contribution in [0.2, 0.25) is 0 Å². The van der Waals surface area contributed by atoms with E-state index in [0.717, 1.165) is 40.6 Å². The van der Waals surface area contributed by atoms with Gasteiger partial charge < -0.3 is 15.4 Å². The normalized spacial score (nSPS) is 18.1. The number of benzene rings is 2. The third-order valence-corrected chi connectivity index (χ3v) is 9.56. The Balaban J connectivity index is 0.000000193. The molecule has 2 aliphatic carbocycles. The lowest BCUT2D eigenvalue weighted by atomic mass is 9.85. The second-order valence-corrected chi connectivity index (χ2v) is 13.3. The first-order valence-corrected chi connectivity index (χ1v) is 17.0. The van der Waals surface area contributed by atoms with Gasteiger partial charge in [0.2, 0.25) is 0 Å². The van der Waals surface area contributed by atoms with Crippen LogP contribution in [0.15, 0.2) is 48.8 Å². The maximum Gasteiger partial charge on any atom is 0.282 e. The Kier molecular flexibility index (Phi) is 11.0. The van der Waals surface area contributed by atoms with Crippen molar-refractivity contribution in [3.63, 3.8) is 0 Å². The lowest BCUT2D eigenvalue weighted by Crippen LogP contribution is -2.38. The zero-order valence-electron chi connectivity index (χ0n) is 29.0. The number of nitrogens with one attached hydrogen (secondary N) is 2. The number of terminal acetylenes is 1. The number of nitrogens with zero attached hydrogens (tertiary/aromatic N) is 3. The van der Waals surface area contributed by atoms with Crippen LogP contribution in [0.25, 0.3) is 10.9 Å². The summed E-state index contributed by atoms with van der Waals surface area (Å²) in [7, 11) is 1.54. The van der Waals surface area contributed by atoms with E-state index < -0.39 is 24.1 Å². The number of carbonyl (C=O) groups is 2. The molecule has 8 nitrogen and oxygen atoms in total. The molecule has 4 aromatic rings. The number of aryl methyl sites for hydroxylation is 2. The monoisotopic (exact) mass is 669 g/mol. The van der Waals surface area contributed by atoms with Crippen LogP contribution in [0.4, 0.5) is 14.5 Å². The molecule has 2 bridgehead atoms. The number of rotatable bonds is 10. The van der Waals surface area contributed by atoms with Gasteiger partial charge in [-0.2, -0.15) is 5.10 Å². The number of carbonyl (C=O) groups excluding carboxylic acids is 2. The molecule has 0 radical (unpaired) electrons. The van der Waals surface area contributed by atoms with E-state index in [9.17, 15) is 18.4 Å². The van der Waals surface area contributed by atoms with Crippen LogP contribution in [-0.2, 0) is 11.8 Å². The van der Waals surface area contributed by atoms with Gasteiger partial charge in [0.15, 0.2) is 6.10 Å². The molecular formula is C39H45F2N5O3. The molecule has 4 atom stereocenters. The Bertz CT molecular complexity index is 1880. The molecule has 0 saturated heterocycles. The van der Waals surface area contributed by atoms with Crippen molar-refractivity contribution in [1.29, 1.82) is 0 Å². The number of ether oxygens (including phenoxy) is 1. The molecule has 6 rings (SSSR count). The van der Waals surface area contributed by atoms with E-state index in [-0.39, 0.29) is 11.5 Å². The molecule has 2 amide bonds. The van der Waals surface area contributed by atoms with E-state index in [4.69, 9.17) is 11.2 Å². The predicted octanol–water partition coefficient (Wildman–Crippen LogP) is 8.06. The number of hydrogen-bond acceptors (Lipinski definition) is 5. The maximum atomic E-state index is 13.2. The van der Waals surface area contributed by atoms with Gasteiger partial charge in [-0.1, -0.05) is 45.7 Å². The molecule has 1 saturated carbocycles. The van der Waals surface area contributed by atoms with Crippen molar-refractivity contribution in [2.75, 3.05) is 11.9 Å². The molecule has 49 heavy (non-hydrogen) atoms. The van der Waals surface area contributed by atoms with Gasteiger partial charge >= 0.3 is 0 Å². The van der Waals surface area contributed by atoms with Crippen molar-refractivity contribution < 1.29 is 23.1 Å². The highest BCUT2D eigenvalue weighted by Gasteiger charge is 2.48. The third kappa shape index (κ3) is 7.46. The van der Waals surface area contributed by atoms with Gasteiger partial charge in [-0.25, -0.2) is 8.78 Å². The van der Waals surface area contributed by atoms with E-state index in [0.29, 0.717) is 42.4 Å². The lowest BCUT2D eigenvalue weighted by Gasteiger charge is -2.21. The van der Waals surface area contributed by atoms with Crippen molar-refractivity contribution in [3.05, 3.63) is 82.3 Å². The number of anilines is 1. The molecule has 2 aromatic carbocycles. The van der Waals surface area contributed by atoms with E-state index in [2.05, 4.69) is 46.6 Å². The van der Waals surface area contributed by atoms with Crippen LogP contribution >= 0.6 is 0 Å². The first-order valence-electron chi connectivity index (χ1n) is 17.0. The van der Waals surface area contributed by atoms with Crippen molar-refractivity contribution >= 4 is 28.4 Å². The van der Waals surface area contributed by atoms with E-state index in [1.807, 2.05) is 51.1 Å². The van der Waals surface area contributed by atoms with Gasteiger partial charge in [0.25, 0.3) is 18.2 Å². The first kappa shape index (κ1) is 35.5. The molecule has 1 fully saturated rings. The van der Waals surface area contributed by atoms with Gasteiger partial charge in [0.05, 0.1) is 11.1 Å². The quantitative estimate of drug-likeness (QED) is 0.167. The number of aromatic nitrogens is 3. The Morgan fingerprint density at radius 1 is 1.14 bits per heavy atom. The molecule has 0 aliphatic heterocycles. The molecule has 0 spiro atoms. The Morgan fingerprint density at radius 3 is 2.57 bits per heavy atom. The van der Waals surface area contributed by atoms with E-state index >= 15 is 0 Å². The Morgan fingerprint density at radius 2 is 1.90 bits per heavy atom. The minimum absolute atomic E-state index is 0.0660. The molecule has 258 valence electrons. The number of pyridine rings is 1. The van der Waals surface area contributed by atoms with E-state index in [1.54, 1.807) is 6.20 Å². The molecule has 2 unspecified atom stereocenters. The maximum absolute atomic E-state index is 13.2. The summed E-state index contributed by atoms with van der Waals surface area (Å²) in [5, 5.41) is 10.4. The van der Waals surface area contributed by atoms with Gasteiger partial charge in [0.1, 0.15) is 11.4 Å². The summed E-state index contributed by atoms with van der Waals surface area (Å²) in [5.41, 5.74) is 5.35. The molecule has 2 N–H and O–H groups in total. The Labute approximate surface area is 287 Å². The lowest BCUT2D eigenvalue weighted by molar-refractivity contribution is -0.128. The van der Waals surface area contributed by atoms with Crippen LogP contribution in [0.5, 0.6) is 5.75 Å². The fraction of sp³-hybridized carbons (Fsp3) is 0.436. The summed E-state index contributed by atoms with van der Waals surface area (Å²) in [4.78, 5) is 29.2. The summed E-state index contributed by atoms with van der Waals surface area (Å²) in [6.07, 6.45) is 9.01. The summed E-state index contributed by atoms with van der Waals surface area (Å²) >= 11 is 0. The van der Waals surface area contributed by atoms with Crippen molar-refractivity contribution in [3.8, 4) is 18.1 Å². The molecule has 2 aromatic heterocycles. The number of amides is 2. The van der Waals surface area contributed by atoms with Gasteiger partial charge in [-0.05, 0) is 97.2 Å². The van der Waals surface area contributed by atoms with Crippen molar-refractivity contribution in [2.45, 2.75) is 84.7 Å². The minimum atomic E-state index is -2.78. The Hall–Kier alpha value is -4.78. The first-order chi connectivity index (χ1) is 23.5. The van der Waals surface area contributed by atoms with Gasteiger partial charge in [-0.3, -0.25) is 19.3 Å². The van der Waals surface area contributed by atoms with E-state index in [1.165, 1.54) is 35.5 Å². The molecule has 2 heterocycles. The number of fused-ring (bicyclic) bond motifs is 6. The van der Waals surface area contributed by atoms with Crippen LogP contribution in [0.3, 0.4) is 0 Å². The zero-order valence-corrected chi connectivity index (χ0v) is 29.0. The highest BCUT2D eigenvalue weighted by atomic mass is 19.3. The average Bonchev–Trinajstić information content (AvgIpc) is 3.79. The minimum Gasteiger partial charge on any atom is -0.481 e. The molecule has 10 heteroatoms. The SMILES string of the molecule is C#Cc1cnc2c(C)cc(OC(CC)C(=O)NCCC)cc2c1.CC(C)C1[C@@H]2CC[C@H]1c1cccc(NC(=O)c3cn(C)nc3C(F)F)c12. The summed E-state index contributed by atoms with van der Waals surface area (Å²) in [5.74, 6) is 4.79.